The largest absolute Gasteiger partial charge is 0.427 e. The van der Waals surface area contributed by atoms with Crippen molar-refractivity contribution in [1.29, 1.82) is 10.5 Å². The SMILES string of the molecule is CCC(=O)Oc1ccc(C2N=C(NC#N)Nc3nc(N)c(C#N)c(N)c32)cc1. The third kappa shape index (κ3) is 3.34. The van der Waals surface area contributed by atoms with Crippen LogP contribution in [0.4, 0.5) is 17.3 Å². The maximum atomic E-state index is 11.4. The molecule has 1 aromatic heterocycles. The number of guanidine groups is 1. The Hall–Kier alpha value is -4.31. The van der Waals surface area contributed by atoms with Crippen molar-refractivity contribution in [1.82, 2.24) is 10.3 Å². The number of fused-ring (bicyclic) bond motifs is 1. The number of benzene rings is 1. The number of hydrogen-bond acceptors (Lipinski definition) is 10. The second-order valence-electron chi connectivity index (χ2n) is 5.80. The van der Waals surface area contributed by atoms with Crippen LogP contribution in [0.1, 0.15) is 36.1 Å². The molecule has 0 aliphatic carbocycles. The molecular weight excluding hydrogens is 360 g/mol. The fourth-order valence-electron chi connectivity index (χ4n) is 2.74. The molecule has 1 aromatic carbocycles. The molecule has 28 heavy (non-hydrogen) atoms. The quantitative estimate of drug-likeness (QED) is 0.267. The van der Waals surface area contributed by atoms with Gasteiger partial charge in [0.2, 0.25) is 5.96 Å². The van der Waals surface area contributed by atoms with Gasteiger partial charge >= 0.3 is 5.97 Å². The molecule has 6 N–H and O–H groups in total. The monoisotopic (exact) mass is 376 g/mol. The predicted octanol–water partition coefficient (Wildman–Crippen LogP) is 1.37. The molecule has 1 aliphatic rings. The Morgan fingerprint density at radius 2 is 2.04 bits per heavy atom. The van der Waals surface area contributed by atoms with E-state index in [0.717, 1.165) is 0 Å². The minimum absolute atomic E-state index is 0.0231. The van der Waals surface area contributed by atoms with Crippen molar-refractivity contribution in [2.75, 3.05) is 16.8 Å². The Balaban J connectivity index is 2.08. The van der Waals surface area contributed by atoms with Gasteiger partial charge < -0.3 is 21.5 Å². The number of aliphatic imine (C=N–C) groups is 1. The molecule has 0 radical (unpaired) electrons. The van der Waals surface area contributed by atoms with Crippen molar-refractivity contribution < 1.29 is 9.53 Å². The number of anilines is 3. The van der Waals surface area contributed by atoms with Crippen LogP contribution in [0.5, 0.6) is 5.75 Å². The minimum atomic E-state index is -0.650. The van der Waals surface area contributed by atoms with Crippen LogP contribution in [-0.4, -0.2) is 16.9 Å². The predicted molar refractivity (Wildman–Crippen MR) is 102 cm³/mol. The van der Waals surface area contributed by atoms with Crippen LogP contribution >= 0.6 is 0 Å². The Labute approximate surface area is 160 Å². The van der Waals surface area contributed by atoms with Gasteiger partial charge in [-0.1, -0.05) is 19.1 Å². The fourth-order valence-corrected chi connectivity index (χ4v) is 2.74. The first-order chi connectivity index (χ1) is 13.5. The van der Waals surface area contributed by atoms with Crippen LogP contribution in [0.25, 0.3) is 0 Å². The highest BCUT2D eigenvalue weighted by atomic mass is 16.5. The van der Waals surface area contributed by atoms with E-state index in [2.05, 4.69) is 20.6 Å². The molecule has 140 valence electrons. The lowest BCUT2D eigenvalue weighted by Gasteiger charge is -2.26. The molecule has 1 aliphatic heterocycles. The van der Waals surface area contributed by atoms with E-state index in [4.69, 9.17) is 21.5 Å². The molecule has 0 bridgehead atoms. The van der Waals surface area contributed by atoms with E-state index >= 15 is 0 Å². The third-order valence-corrected chi connectivity index (χ3v) is 4.07. The van der Waals surface area contributed by atoms with Gasteiger partial charge in [0.1, 0.15) is 35.1 Å². The number of nitrogen functional groups attached to an aromatic ring is 2. The first-order valence-electron chi connectivity index (χ1n) is 8.28. The zero-order valence-corrected chi connectivity index (χ0v) is 14.9. The number of hydrogen-bond donors (Lipinski definition) is 4. The molecule has 2 heterocycles. The normalized spacial score (nSPS) is 14.5. The van der Waals surface area contributed by atoms with Crippen molar-refractivity contribution in [2.24, 2.45) is 4.99 Å². The summed E-state index contributed by atoms with van der Waals surface area (Å²) in [7, 11) is 0. The van der Waals surface area contributed by atoms with Gasteiger partial charge in [-0.2, -0.15) is 10.5 Å². The first kappa shape index (κ1) is 18.5. The van der Waals surface area contributed by atoms with Crippen molar-refractivity contribution in [3.05, 3.63) is 41.0 Å². The first-order valence-corrected chi connectivity index (χ1v) is 8.28. The van der Waals surface area contributed by atoms with Gasteiger partial charge in [-0.3, -0.25) is 10.1 Å². The van der Waals surface area contributed by atoms with Crippen molar-refractivity contribution in [2.45, 2.75) is 19.4 Å². The number of carbonyl (C=O) groups is 1. The van der Waals surface area contributed by atoms with Crippen molar-refractivity contribution in [3.63, 3.8) is 0 Å². The van der Waals surface area contributed by atoms with Gasteiger partial charge in [0, 0.05) is 12.0 Å². The summed E-state index contributed by atoms with van der Waals surface area (Å²) in [6.45, 7) is 1.70. The summed E-state index contributed by atoms with van der Waals surface area (Å²) in [4.78, 5) is 20.1. The van der Waals surface area contributed by atoms with Crippen LogP contribution in [0.15, 0.2) is 29.3 Å². The van der Waals surface area contributed by atoms with E-state index < -0.39 is 6.04 Å². The highest BCUT2D eigenvalue weighted by Gasteiger charge is 2.29. The molecule has 0 amide bonds. The molecule has 2 aromatic rings. The topological polar surface area (TPSA) is 175 Å². The molecule has 1 unspecified atom stereocenters. The Kier molecular flexibility index (Phi) is 4.96. The summed E-state index contributed by atoms with van der Waals surface area (Å²) in [5.41, 5.74) is 13.4. The number of aromatic nitrogens is 1. The number of nitrogens with two attached hydrogens (primary N) is 2. The maximum absolute atomic E-state index is 11.4. The summed E-state index contributed by atoms with van der Waals surface area (Å²) in [5, 5.41) is 23.5. The summed E-state index contributed by atoms with van der Waals surface area (Å²) < 4.78 is 5.17. The molecule has 0 saturated carbocycles. The minimum Gasteiger partial charge on any atom is -0.427 e. The van der Waals surface area contributed by atoms with Crippen LogP contribution in [0.3, 0.4) is 0 Å². The van der Waals surface area contributed by atoms with Gasteiger partial charge in [0.25, 0.3) is 0 Å². The number of nitriles is 2. The van der Waals surface area contributed by atoms with E-state index in [1.54, 1.807) is 37.4 Å². The molecule has 1 atom stereocenters. The summed E-state index contributed by atoms with van der Waals surface area (Å²) in [5.74, 6) is 0.488. The van der Waals surface area contributed by atoms with Crippen LogP contribution in [-0.2, 0) is 4.79 Å². The van der Waals surface area contributed by atoms with E-state index in [9.17, 15) is 10.1 Å². The van der Waals surface area contributed by atoms with E-state index in [1.807, 2.05) is 6.07 Å². The summed E-state index contributed by atoms with van der Waals surface area (Å²) >= 11 is 0. The molecule has 0 saturated heterocycles. The Morgan fingerprint density at radius 1 is 1.32 bits per heavy atom. The van der Waals surface area contributed by atoms with Crippen molar-refractivity contribution in [3.8, 4) is 18.0 Å². The summed E-state index contributed by atoms with van der Waals surface area (Å²) in [6, 6.07) is 7.98. The number of nitrogens with zero attached hydrogens (tertiary/aromatic N) is 4. The number of esters is 1. The highest BCUT2D eigenvalue weighted by Crippen LogP contribution is 2.40. The van der Waals surface area contributed by atoms with Crippen molar-refractivity contribution >= 4 is 29.3 Å². The maximum Gasteiger partial charge on any atom is 0.310 e. The molecule has 10 nitrogen and oxygen atoms in total. The zero-order chi connectivity index (χ0) is 20.3. The smallest absolute Gasteiger partial charge is 0.310 e. The number of nitrogens with one attached hydrogen (secondary N) is 2. The molecular formula is C18H16N8O2. The third-order valence-electron chi connectivity index (χ3n) is 4.07. The summed E-state index contributed by atoms with van der Waals surface area (Å²) in [6.07, 6.45) is 2.05. The standard InChI is InChI=1S/C18H16N8O2/c1-2-12(27)28-10-5-3-9(4-6-10)15-13-14(21)11(7-19)16(22)25-17(13)26-18(24-15)23-8-20/h3-6,15H,2H2,1H3,(H6,21,22,23,24,25,26). The zero-order valence-electron chi connectivity index (χ0n) is 14.9. The average molecular weight is 376 g/mol. The number of ether oxygens (including phenoxy) is 1. The molecule has 10 heteroatoms. The van der Waals surface area contributed by atoms with Crippen LogP contribution in [0.2, 0.25) is 0 Å². The second kappa shape index (κ2) is 7.51. The second-order valence-corrected chi connectivity index (χ2v) is 5.80. The Bertz CT molecular complexity index is 1050. The molecule has 0 spiro atoms. The fraction of sp³-hybridized carbons (Fsp3) is 0.167. The van der Waals surface area contributed by atoms with E-state index in [1.165, 1.54) is 0 Å². The average Bonchev–Trinajstić information content (AvgIpc) is 2.68. The van der Waals surface area contributed by atoms with Gasteiger partial charge in [-0.15, -0.1) is 0 Å². The lowest BCUT2D eigenvalue weighted by molar-refractivity contribution is -0.134. The Morgan fingerprint density at radius 3 is 2.64 bits per heavy atom. The molecule has 0 fully saturated rings. The van der Waals surface area contributed by atoms with Gasteiger partial charge in [0.15, 0.2) is 6.19 Å². The number of carbonyl (C=O) groups excluding carboxylic acids is 1. The number of pyridine rings is 1. The van der Waals surface area contributed by atoms with Gasteiger partial charge in [-0.05, 0) is 17.7 Å². The van der Waals surface area contributed by atoms with Gasteiger partial charge in [-0.25, -0.2) is 9.98 Å². The highest BCUT2D eigenvalue weighted by molar-refractivity contribution is 5.98. The lowest BCUT2D eigenvalue weighted by Crippen LogP contribution is -2.32. The lowest BCUT2D eigenvalue weighted by atomic mass is 9.95. The van der Waals surface area contributed by atoms with Crippen LogP contribution in [0, 0.1) is 22.8 Å². The van der Waals surface area contributed by atoms with E-state index in [-0.39, 0.29) is 35.4 Å². The molecule has 3 rings (SSSR count). The van der Waals surface area contributed by atoms with Gasteiger partial charge in [0.05, 0.1) is 5.69 Å². The van der Waals surface area contributed by atoms with E-state index in [0.29, 0.717) is 22.7 Å². The van der Waals surface area contributed by atoms with Crippen LogP contribution < -0.4 is 26.8 Å². The number of rotatable bonds is 3.